The Morgan fingerprint density at radius 1 is 0.926 bits per heavy atom. The summed E-state index contributed by atoms with van der Waals surface area (Å²) in [6.45, 7) is 10.6. The van der Waals surface area contributed by atoms with Crippen LogP contribution in [0.1, 0.15) is 53.1 Å². The maximum Gasteiger partial charge on any atom is 0.251 e. The number of nitriles is 2. The van der Waals surface area contributed by atoms with Crippen LogP contribution in [0.15, 0.2) is 30.3 Å². The summed E-state index contributed by atoms with van der Waals surface area (Å²) in [6, 6.07) is 12.6. The number of piperidine rings is 1. The van der Waals surface area contributed by atoms with Crippen LogP contribution >= 0.6 is 0 Å². The molecule has 0 aromatic heterocycles. The molecule has 0 bridgehead atoms. The number of carbonyl (C=O) groups excluding carboxylic acids is 2. The van der Waals surface area contributed by atoms with Crippen LogP contribution in [0.4, 0.5) is 0 Å². The molecule has 0 radical (unpaired) electrons. The van der Waals surface area contributed by atoms with Crippen LogP contribution in [-0.4, -0.2) is 23.6 Å². The molecule has 1 amide bonds. The molecule has 3 unspecified atom stereocenters. The molecule has 27 heavy (non-hydrogen) atoms. The average molecular weight is 365 g/mol. The van der Waals surface area contributed by atoms with Crippen molar-refractivity contribution < 1.29 is 9.59 Å². The van der Waals surface area contributed by atoms with E-state index in [-0.39, 0.29) is 0 Å². The topological polar surface area (TPSA) is 85.0 Å². The first-order valence-electron chi connectivity index (χ1n) is 9.02. The van der Waals surface area contributed by atoms with E-state index in [1.807, 2.05) is 57.2 Å². The van der Waals surface area contributed by atoms with E-state index in [9.17, 15) is 20.1 Å². The van der Waals surface area contributed by atoms with E-state index in [0.717, 1.165) is 0 Å². The summed E-state index contributed by atoms with van der Waals surface area (Å²) >= 11 is 0. The number of likely N-dealkylation sites (tertiary alicyclic amines) is 1. The van der Waals surface area contributed by atoms with Gasteiger partial charge in [0.25, 0.3) is 5.91 Å². The number of hydrogen-bond acceptors (Lipinski definition) is 4. The van der Waals surface area contributed by atoms with Crippen LogP contribution in [0.5, 0.6) is 0 Å². The first kappa shape index (κ1) is 20.6. The van der Waals surface area contributed by atoms with Gasteiger partial charge in [-0.1, -0.05) is 71.9 Å². The fourth-order valence-electron chi connectivity index (χ4n) is 4.26. The predicted octanol–water partition coefficient (Wildman–Crippen LogP) is 3.88. The molecule has 5 heteroatoms. The molecular weight excluding hydrogens is 338 g/mol. The van der Waals surface area contributed by atoms with Crippen LogP contribution in [0.3, 0.4) is 0 Å². The minimum absolute atomic E-state index is 0.550. The summed E-state index contributed by atoms with van der Waals surface area (Å²) in [7, 11) is 1.59. The lowest BCUT2D eigenvalue weighted by molar-refractivity contribution is -0.175. The third-order valence-corrected chi connectivity index (χ3v) is 5.90. The van der Waals surface area contributed by atoms with Gasteiger partial charge in [-0.15, -0.1) is 0 Å². The Bertz CT molecular complexity index is 849. The maximum atomic E-state index is 14.0. The number of rotatable bonds is 1. The molecule has 142 valence electrons. The highest BCUT2D eigenvalue weighted by atomic mass is 16.2. The summed E-state index contributed by atoms with van der Waals surface area (Å²) in [6.07, 6.45) is 0. The minimum Gasteiger partial charge on any atom is -0.335 e. The van der Waals surface area contributed by atoms with E-state index in [2.05, 4.69) is 6.07 Å². The number of carbonyl (C=O) groups is 2. The van der Waals surface area contributed by atoms with E-state index >= 15 is 0 Å². The lowest BCUT2D eigenvalue weighted by atomic mass is 9.48. The van der Waals surface area contributed by atoms with Crippen molar-refractivity contribution in [2.75, 3.05) is 7.05 Å². The van der Waals surface area contributed by atoms with Gasteiger partial charge in [0.2, 0.25) is 0 Å². The molecule has 1 saturated heterocycles. The summed E-state index contributed by atoms with van der Waals surface area (Å²) in [5.41, 5.74) is -4.55. The fourth-order valence-corrected chi connectivity index (χ4v) is 4.26. The molecule has 1 fully saturated rings. The molecule has 1 heterocycles. The van der Waals surface area contributed by atoms with Crippen molar-refractivity contribution in [2.45, 2.75) is 47.6 Å². The second-order valence-corrected chi connectivity index (χ2v) is 9.34. The highest BCUT2D eigenvalue weighted by molar-refractivity contribution is 6.15. The second-order valence-electron chi connectivity index (χ2n) is 9.34. The van der Waals surface area contributed by atoms with Crippen molar-refractivity contribution in [3.05, 3.63) is 35.9 Å². The molecule has 3 atom stereocenters. The second kappa shape index (κ2) is 6.20. The normalized spacial score (nSPS) is 29.2. The first-order chi connectivity index (χ1) is 12.3. The van der Waals surface area contributed by atoms with Crippen molar-refractivity contribution in [1.29, 1.82) is 10.5 Å². The Hall–Kier alpha value is -2.66. The van der Waals surface area contributed by atoms with Gasteiger partial charge < -0.3 is 4.90 Å². The molecule has 1 aliphatic rings. The van der Waals surface area contributed by atoms with Gasteiger partial charge in [0.1, 0.15) is 5.41 Å². The maximum absolute atomic E-state index is 14.0. The highest BCUT2D eigenvalue weighted by Crippen LogP contribution is 2.60. The zero-order valence-electron chi connectivity index (χ0n) is 17.1. The Labute approximate surface area is 161 Å². The highest BCUT2D eigenvalue weighted by Gasteiger charge is 2.72. The Morgan fingerprint density at radius 3 is 1.81 bits per heavy atom. The standard InChI is InChI=1S/C22H27N3O2/c1-19(2,3)21(13-23)16(15-11-9-8-10-12-15)25(7)18(27)22(14-24,17(21)26)20(4,5)6/h8-12,16H,1-7H3. The number of hydrogen-bond donors (Lipinski definition) is 0. The smallest absolute Gasteiger partial charge is 0.251 e. The minimum atomic E-state index is -1.92. The Morgan fingerprint density at radius 2 is 1.44 bits per heavy atom. The Balaban J connectivity index is 2.97. The average Bonchev–Trinajstić information content (AvgIpc) is 2.57. The van der Waals surface area contributed by atoms with Gasteiger partial charge in [-0.25, -0.2) is 0 Å². The van der Waals surface area contributed by atoms with Crippen LogP contribution < -0.4 is 0 Å². The van der Waals surface area contributed by atoms with Crippen molar-refractivity contribution in [3.8, 4) is 12.1 Å². The molecule has 0 saturated carbocycles. The SMILES string of the molecule is CN1C(=O)C(C#N)(C(C)(C)C)C(=O)C(C#N)(C(C)(C)C)C1c1ccccc1. The van der Waals surface area contributed by atoms with Crippen molar-refractivity contribution in [2.24, 2.45) is 21.7 Å². The molecule has 1 aromatic rings. The molecule has 5 nitrogen and oxygen atoms in total. The van der Waals surface area contributed by atoms with E-state index in [1.165, 1.54) is 4.90 Å². The summed E-state index contributed by atoms with van der Waals surface area (Å²) in [5.74, 6) is -1.15. The zero-order valence-corrected chi connectivity index (χ0v) is 17.1. The van der Waals surface area contributed by atoms with Gasteiger partial charge in [-0.2, -0.15) is 10.5 Å². The van der Waals surface area contributed by atoms with Crippen molar-refractivity contribution >= 4 is 11.7 Å². The van der Waals surface area contributed by atoms with Gasteiger partial charge in [-0.05, 0) is 16.4 Å². The van der Waals surface area contributed by atoms with Gasteiger partial charge in [0, 0.05) is 7.05 Å². The van der Waals surface area contributed by atoms with Crippen LogP contribution in [0, 0.1) is 44.3 Å². The number of Topliss-reactive ketones (excluding diaryl/α,β-unsaturated/α-hetero) is 1. The van der Waals surface area contributed by atoms with E-state index in [0.29, 0.717) is 5.56 Å². The van der Waals surface area contributed by atoms with Crippen LogP contribution in [-0.2, 0) is 9.59 Å². The lowest BCUT2D eigenvalue weighted by Crippen LogP contribution is -2.69. The lowest BCUT2D eigenvalue weighted by Gasteiger charge is -2.56. The Kier molecular flexibility index (Phi) is 4.74. The molecule has 1 aromatic carbocycles. The summed E-state index contributed by atoms with van der Waals surface area (Å²) < 4.78 is 0. The monoisotopic (exact) mass is 365 g/mol. The van der Waals surface area contributed by atoms with Gasteiger partial charge in [-0.3, -0.25) is 9.59 Å². The molecular formula is C22H27N3O2. The predicted molar refractivity (Wildman–Crippen MR) is 102 cm³/mol. The number of nitrogens with zero attached hydrogens (tertiary/aromatic N) is 3. The molecule has 0 spiro atoms. The molecule has 1 aliphatic heterocycles. The molecule has 0 aliphatic carbocycles. The van der Waals surface area contributed by atoms with E-state index in [1.54, 1.807) is 27.8 Å². The zero-order chi connectivity index (χ0) is 20.8. The van der Waals surface area contributed by atoms with Crippen LogP contribution in [0.25, 0.3) is 0 Å². The van der Waals surface area contributed by atoms with Gasteiger partial charge in [0.15, 0.2) is 11.2 Å². The number of ketones is 1. The first-order valence-corrected chi connectivity index (χ1v) is 9.02. The third kappa shape index (κ3) is 2.49. The van der Waals surface area contributed by atoms with Gasteiger partial charge in [0.05, 0.1) is 18.2 Å². The summed E-state index contributed by atoms with van der Waals surface area (Å²) in [4.78, 5) is 28.8. The van der Waals surface area contributed by atoms with Crippen LogP contribution in [0.2, 0.25) is 0 Å². The van der Waals surface area contributed by atoms with E-state index in [4.69, 9.17) is 0 Å². The number of amides is 1. The van der Waals surface area contributed by atoms with E-state index < -0.39 is 39.4 Å². The van der Waals surface area contributed by atoms with Crippen molar-refractivity contribution in [3.63, 3.8) is 0 Å². The largest absolute Gasteiger partial charge is 0.335 e. The quantitative estimate of drug-likeness (QED) is 0.707. The number of benzene rings is 1. The summed E-state index contributed by atoms with van der Waals surface area (Å²) in [5, 5.41) is 20.4. The van der Waals surface area contributed by atoms with Crippen molar-refractivity contribution in [1.82, 2.24) is 4.90 Å². The fraction of sp³-hybridized carbons (Fsp3) is 0.545. The molecule has 0 N–H and O–H groups in total. The van der Waals surface area contributed by atoms with Gasteiger partial charge >= 0.3 is 0 Å². The third-order valence-electron chi connectivity index (χ3n) is 5.90. The molecule has 2 rings (SSSR count).